The van der Waals surface area contributed by atoms with Crippen molar-refractivity contribution in [3.63, 3.8) is 0 Å². The Hall–Kier alpha value is -2.37. The average Bonchev–Trinajstić information content (AvgIpc) is 2.71. The summed E-state index contributed by atoms with van der Waals surface area (Å²) in [6.07, 6.45) is 0.473. The number of nitrogens with two attached hydrogens (primary N) is 2. The maximum Gasteiger partial charge on any atom is 0.235 e. The first-order chi connectivity index (χ1) is 8.99. The highest BCUT2D eigenvalue weighted by molar-refractivity contribution is 6.01. The van der Waals surface area contributed by atoms with Crippen molar-refractivity contribution in [2.75, 3.05) is 6.54 Å². The van der Waals surface area contributed by atoms with E-state index in [4.69, 9.17) is 16.9 Å². The van der Waals surface area contributed by atoms with E-state index in [9.17, 15) is 9.59 Å². The molecule has 1 atom stereocenters. The van der Waals surface area contributed by atoms with Crippen LogP contribution in [0.5, 0.6) is 0 Å². The second kappa shape index (κ2) is 5.09. The molecule has 0 aliphatic carbocycles. The van der Waals surface area contributed by atoms with Crippen molar-refractivity contribution in [2.45, 2.75) is 13.0 Å². The molecule has 6 heteroatoms. The molecule has 1 aliphatic heterocycles. The summed E-state index contributed by atoms with van der Waals surface area (Å²) in [7, 11) is 0. The van der Waals surface area contributed by atoms with Gasteiger partial charge in [-0.1, -0.05) is 18.2 Å². The van der Waals surface area contributed by atoms with Crippen LogP contribution in [-0.4, -0.2) is 29.1 Å². The van der Waals surface area contributed by atoms with E-state index >= 15 is 0 Å². The van der Waals surface area contributed by atoms with E-state index in [0.29, 0.717) is 25.1 Å². The molecule has 0 aromatic heterocycles. The molecule has 6 nitrogen and oxygen atoms in total. The van der Waals surface area contributed by atoms with Gasteiger partial charge in [0.05, 0.1) is 0 Å². The van der Waals surface area contributed by atoms with Crippen LogP contribution in [0.3, 0.4) is 0 Å². The summed E-state index contributed by atoms with van der Waals surface area (Å²) in [4.78, 5) is 24.6. The summed E-state index contributed by atoms with van der Waals surface area (Å²) in [6.45, 7) is 0.931. The summed E-state index contributed by atoms with van der Waals surface area (Å²) >= 11 is 0. The Bertz CT molecular complexity index is 541. The zero-order chi connectivity index (χ0) is 14.0. The molecule has 1 aromatic carbocycles. The molecule has 1 saturated heterocycles. The lowest BCUT2D eigenvalue weighted by Gasteiger charge is -2.16. The highest BCUT2D eigenvalue weighted by Gasteiger charge is 2.35. The van der Waals surface area contributed by atoms with E-state index in [2.05, 4.69) is 0 Å². The first-order valence-corrected chi connectivity index (χ1v) is 6.00. The van der Waals surface area contributed by atoms with Gasteiger partial charge in [0, 0.05) is 18.7 Å². The number of carbonyl (C=O) groups excluding carboxylic acids is 2. The lowest BCUT2D eigenvalue weighted by atomic mass is 10.1. The van der Waals surface area contributed by atoms with Crippen LogP contribution < -0.4 is 11.5 Å². The smallest absolute Gasteiger partial charge is 0.235 e. The summed E-state index contributed by atoms with van der Waals surface area (Å²) < 4.78 is 0. The first-order valence-electron chi connectivity index (χ1n) is 6.00. The van der Waals surface area contributed by atoms with E-state index in [1.54, 1.807) is 23.1 Å². The normalized spacial score (nSPS) is 18.6. The molecule has 1 aromatic rings. The third-order valence-corrected chi connectivity index (χ3v) is 3.25. The second-order valence-electron chi connectivity index (χ2n) is 4.62. The Morgan fingerprint density at radius 1 is 1.42 bits per heavy atom. The van der Waals surface area contributed by atoms with Gasteiger partial charge >= 0.3 is 0 Å². The van der Waals surface area contributed by atoms with Crippen LogP contribution in [-0.2, 0) is 16.1 Å². The van der Waals surface area contributed by atoms with Crippen molar-refractivity contribution in [2.24, 2.45) is 17.4 Å². The van der Waals surface area contributed by atoms with Gasteiger partial charge in [-0.2, -0.15) is 0 Å². The fourth-order valence-corrected chi connectivity index (χ4v) is 2.22. The molecular weight excluding hydrogens is 244 g/mol. The summed E-state index contributed by atoms with van der Waals surface area (Å²) in [6, 6.07) is 7.16. The van der Waals surface area contributed by atoms with Gasteiger partial charge in [0.25, 0.3) is 0 Å². The number of carbonyl (C=O) groups is 2. The fraction of sp³-hybridized carbons (Fsp3) is 0.308. The largest absolute Gasteiger partial charge is 0.384 e. The number of nitrogens with one attached hydrogen (secondary N) is 1. The Kier molecular flexibility index (Phi) is 3.50. The molecule has 1 fully saturated rings. The molecule has 0 unspecified atom stereocenters. The van der Waals surface area contributed by atoms with E-state index in [1.165, 1.54) is 0 Å². The van der Waals surface area contributed by atoms with Crippen LogP contribution in [0.2, 0.25) is 0 Å². The van der Waals surface area contributed by atoms with Crippen LogP contribution >= 0.6 is 0 Å². The van der Waals surface area contributed by atoms with Crippen LogP contribution in [0, 0.1) is 11.3 Å². The van der Waals surface area contributed by atoms with Gasteiger partial charge in [0.2, 0.25) is 11.8 Å². The first kappa shape index (κ1) is 13.1. The third kappa shape index (κ3) is 2.73. The Balaban J connectivity index is 2.10. The number of primary amides is 1. The monoisotopic (exact) mass is 260 g/mol. The molecule has 0 saturated carbocycles. The summed E-state index contributed by atoms with van der Waals surface area (Å²) in [5.74, 6) is -1.49. The SMILES string of the molecule is N=C(N)c1cccc(CN2CC[C@@H](C(N)=O)C2=O)c1. The van der Waals surface area contributed by atoms with Crippen LogP contribution in [0.15, 0.2) is 24.3 Å². The molecular formula is C13H16N4O2. The van der Waals surface area contributed by atoms with Gasteiger partial charge in [0.1, 0.15) is 11.8 Å². The molecule has 19 heavy (non-hydrogen) atoms. The predicted octanol–water partition coefficient (Wildman–Crippen LogP) is -0.196. The van der Waals surface area contributed by atoms with E-state index in [0.717, 1.165) is 5.56 Å². The van der Waals surface area contributed by atoms with Crippen molar-refractivity contribution in [3.8, 4) is 0 Å². The minimum absolute atomic E-state index is 0.00962. The number of hydrogen-bond acceptors (Lipinski definition) is 3. The van der Waals surface area contributed by atoms with Crippen molar-refractivity contribution in [3.05, 3.63) is 35.4 Å². The number of nitrogen functional groups attached to an aromatic ring is 1. The van der Waals surface area contributed by atoms with Crippen LogP contribution in [0.4, 0.5) is 0 Å². The average molecular weight is 260 g/mol. The minimum Gasteiger partial charge on any atom is -0.384 e. The second-order valence-corrected chi connectivity index (χ2v) is 4.62. The zero-order valence-electron chi connectivity index (χ0n) is 10.4. The topological polar surface area (TPSA) is 113 Å². The van der Waals surface area contributed by atoms with E-state index in [1.807, 2.05) is 6.07 Å². The van der Waals surface area contributed by atoms with Gasteiger partial charge < -0.3 is 16.4 Å². The summed E-state index contributed by atoms with van der Waals surface area (Å²) in [5, 5.41) is 7.38. The Morgan fingerprint density at radius 2 is 2.16 bits per heavy atom. The van der Waals surface area contributed by atoms with Crippen molar-refractivity contribution in [1.29, 1.82) is 5.41 Å². The molecule has 0 spiro atoms. The standard InChI is InChI=1S/C13H16N4O2/c14-11(15)9-3-1-2-8(6-9)7-17-5-4-10(12(16)18)13(17)19/h1-3,6,10H,4-5,7H2,(H3,14,15)(H2,16,18)/t10-/m0/s1. The number of nitrogens with zero attached hydrogens (tertiary/aromatic N) is 1. The molecule has 5 N–H and O–H groups in total. The van der Waals surface area contributed by atoms with Crippen LogP contribution in [0.25, 0.3) is 0 Å². The van der Waals surface area contributed by atoms with E-state index < -0.39 is 11.8 Å². The van der Waals surface area contributed by atoms with Crippen molar-refractivity contribution >= 4 is 17.6 Å². The number of likely N-dealkylation sites (tertiary alicyclic amines) is 1. The van der Waals surface area contributed by atoms with Gasteiger partial charge in [0.15, 0.2) is 0 Å². The van der Waals surface area contributed by atoms with Gasteiger partial charge in [-0.15, -0.1) is 0 Å². The highest BCUT2D eigenvalue weighted by atomic mass is 16.2. The number of benzene rings is 1. The minimum atomic E-state index is -0.698. The zero-order valence-corrected chi connectivity index (χ0v) is 10.4. The number of amidine groups is 1. The molecule has 100 valence electrons. The van der Waals surface area contributed by atoms with E-state index in [-0.39, 0.29) is 11.7 Å². The van der Waals surface area contributed by atoms with Crippen LogP contribution in [0.1, 0.15) is 17.5 Å². The Morgan fingerprint density at radius 3 is 2.74 bits per heavy atom. The number of rotatable bonds is 4. The van der Waals surface area contributed by atoms with Gasteiger partial charge in [-0.3, -0.25) is 15.0 Å². The fourth-order valence-electron chi connectivity index (χ4n) is 2.22. The van der Waals surface area contributed by atoms with Crippen molar-refractivity contribution in [1.82, 2.24) is 4.90 Å². The van der Waals surface area contributed by atoms with Crippen molar-refractivity contribution < 1.29 is 9.59 Å². The predicted molar refractivity (Wildman–Crippen MR) is 70.2 cm³/mol. The van der Waals surface area contributed by atoms with Gasteiger partial charge in [-0.05, 0) is 18.1 Å². The molecule has 1 aliphatic rings. The third-order valence-electron chi connectivity index (χ3n) is 3.25. The molecule has 0 radical (unpaired) electrons. The Labute approximate surface area is 110 Å². The molecule has 0 bridgehead atoms. The lowest BCUT2D eigenvalue weighted by Crippen LogP contribution is -2.33. The number of hydrogen-bond donors (Lipinski definition) is 3. The maximum atomic E-state index is 11.9. The maximum absolute atomic E-state index is 11.9. The lowest BCUT2D eigenvalue weighted by molar-refractivity contribution is -0.136. The highest BCUT2D eigenvalue weighted by Crippen LogP contribution is 2.20. The molecule has 1 heterocycles. The van der Waals surface area contributed by atoms with Gasteiger partial charge in [-0.25, -0.2) is 0 Å². The molecule has 2 rings (SSSR count). The molecule has 2 amide bonds. The summed E-state index contributed by atoms with van der Waals surface area (Å²) in [5.41, 5.74) is 12.1. The number of amides is 2. The quantitative estimate of drug-likeness (QED) is 0.396.